The van der Waals surface area contributed by atoms with E-state index in [0.717, 1.165) is 21.0 Å². The molecule has 0 saturated carbocycles. The number of amidine groups is 1. The van der Waals surface area contributed by atoms with Gasteiger partial charge in [0.25, 0.3) is 0 Å². The van der Waals surface area contributed by atoms with E-state index in [0.29, 0.717) is 10.9 Å². The molecule has 0 spiro atoms. The van der Waals surface area contributed by atoms with Gasteiger partial charge >= 0.3 is 0 Å². The van der Waals surface area contributed by atoms with Gasteiger partial charge < -0.3 is 10.6 Å². The fourth-order valence-corrected chi connectivity index (χ4v) is 4.39. The maximum absolute atomic E-state index is 12.6. The number of aliphatic imine (C=N–C) groups is 1. The van der Waals surface area contributed by atoms with E-state index < -0.39 is 5.25 Å². The van der Waals surface area contributed by atoms with Crippen molar-refractivity contribution in [1.29, 1.82) is 0 Å². The third-order valence-corrected chi connectivity index (χ3v) is 6.48. The third kappa shape index (κ3) is 5.42. The van der Waals surface area contributed by atoms with Crippen molar-refractivity contribution in [3.05, 3.63) is 83.0 Å². The number of nitrogens with one attached hydrogen (secondary N) is 2. The number of benzene rings is 3. The van der Waals surface area contributed by atoms with Gasteiger partial charge in [-0.15, -0.1) is 0 Å². The Kier molecular flexibility index (Phi) is 6.53. The minimum Gasteiger partial charge on any atom is -0.325 e. The number of fused-ring (bicyclic) bond motifs is 1. The summed E-state index contributed by atoms with van der Waals surface area (Å²) in [4.78, 5) is 29.2. The molecule has 2 N–H and O–H groups in total. The van der Waals surface area contributed by atoms with Crippen LogP contribution < -0.4 is 10.6 Å². The van der Waals surface area contributed by atoms with Crippen molar-refractivity contribution in [3.8, 4) is 0 Å². The molecule has 3 aromatic carbocycles. The van der Waals surface area contributed by atoms with Gasteiger partial charge in [0.2, 0.25) is 11.8 Å². The molecule has 4 rings (SSSR count). The SMILES string of the molecule is C/C(=C\N=C1NC(=O)C[C@H](C(=O)Nc2ccc(Br)cc2)S1)c1ccc2ccccc2c1. The van der Waals surface area contributed by atoms with E-state index in [2.05, 4.69) is 61.9 Å². The number of hydrogen-bond acceptors (Lipinski definition) is 4. The molecule has 1 heterocycles. The fraction of sp³-hybridized carbons (Fsp3) is 0.125. The predicted molar refractivity (Wildman–Crippen MR) is 132 cm³/mol. The van der Waals surface area contributed by atoms with Crippen LogP contribution in [0.1, 0.15) is 18.9 Å². The first-order chi connectivity index (χ1) is 15.0. The van der Waals surface area contributed by atoms with E-state index in [4.69, 9.17) is 0 Å². The second kappa shape index (κ2) is 9.49. The van der Waals surface area contributed by atoms with Crippen molar-refractivity contribution in [3.63, 3.8) is 0 Å². The minimum atomic E-state index is -0.537. The van der Waals surface area contributed by atoms with E-state index in [1.54, 1.807) is 18.3 Å². The normalized spacial score (nSPS) is 18.1. The van der Waals surface area contributed by atoms with E-state index >= 15 is 0 Å². The number of halogens is 1. The third-order valence-electron chi connectivity index (χ3n) is 4.86. The summed E-state index contributed by atoms with van der Waals surface area (Å²) in [5.74, 6) is -0.435. The number of anilines is 1. The van der Waals surface area contributed by atoms with Crippen LogP contribution in [0.2, 0.25) is 0 Å². The number of thioether (sulfide) groups is 1. The molecule has 1 aliphatic heterocycles. The highest BCUT2D eigenvalue weighted by molar-refractivity contribution is 9.10. The number of carbonyl (C=O) groups excluding carboxylic acids is 2. The molecule has 1 fully saturated rings. The molecule has 156 valence electrons. The van der Waals surface area contributed by atoms with Crippen LogP contribution in [0.5, 0.6) is 0 Å². The van der Waals surface area contributed by atoms with Crippen LogP contribution in [-0.2, 0) is 9.59 Å². The lowest BCUT2D eigenvalue weighted by molar-refractivity contribution is -0.123. The first-order valence-corrected chi connectivity index (χ1v) is 11.4. The number of allylic oxidation sites excluding steroid dienone is 1. The van der Waals surface area contributed by atoms with Gasteiger partial charge in [-0.05, 0) is 59.2 Å². The first kappa shape index (κ1) is 21.3. The van der Waals surface area contributed by atoms with Gasteiger partial charge in [0.05, 0.1) is 0 Å². The van der Waals surface area contributed by atoms with Crippen LogP contribution in [0.4, 0.5) is 5.69 Å². The van der Waals surface area contributed by atoms with Crippen molar-refractivity contribution in [2.45, 2.75) is 18.6 Å². The Bertz CT molecular complexity index is 1200. The van der Waals surface area contributed by atoms with Crippen LogP contribution in [0, 0.1) is 0 Å². The Labute approximate surface area is 193 Å². The molecule has 0 aliphatic carbocycles. The summed E-state index contributed by atoms with van der Waals surface area (Å²) in [6, 6.07) is 21.7. The number of hydrogen-bond donors (Lipinski definition) is 2. The lowest BCUT2D eigenvalue weighted by Gasteiger charge is -2.22. The summed E-state index contributed by atoms with van der Waals surface area (Å²) in [5.41, 5.74) is 2.71. The van der Waals surface area contributed by atoms with Crippen LogP contribution >= 0.6 is 27.7 Å². The zero-order chi connectivity index (χ0) is 21.8. The maximum Gasteiger partial charge on any atom is 0.238 e. The van der Waals surface area contributed by atoms with E-state index in [9.17, 15) is 9.59 Å². The summed E-state index contributed by atoms with van der Waals surface area (Å²) in [6.45, 7) is 1.97. The number of amides is 2. The van der Waals surface area contributed by atoms with Gasteiger partial charge in [-0.25, -0.2) is 4.99 Å². The summed E-state index contributed by atoms with van der Waals surface area (Å²) in [6.07, 6.45) is 1.83. The minimum absolute atomic E-state index is 0.111. The Balaban J connectivity index is 1.48. The van der Waals surface area contributed by atoms with E-state index in [-0.39, 0.29) is 18.2 Å². The van der Waals surface area contributed by atoms with Crippen LogP contribution in [0.25, 0.3) is 16.3 Å². The molecule has 7 heteroatoms. The number of rotatable bonds is 4. The molecule has 0 unspecified atom stereocenters. The zero-order valence-electron chi connectivity index (χ0n) is 16.8. The molecule has 31 heavy (non-hydrogen) atoms. The summed E-state index contributed by atoms with van der Waals surface area (Å²) in [7, 11) is 0. The highest BCUT2D eigenvalue weighted by Gasteiger charge is 2.30. The molecular weight excluding hydrogens is 474 g/mol. The van der Waals surface area contributed by atoms with Crippen molar-refractivity contribution >= 4 is 66.7 Å². The second-order valence-corrected chi connectivity index (χ2v) is 9.27. The fourth-order valence-electron chi connectivity index (χ4n) is 3.17. The van der Waals surface area contributed by atoms with Crippen LogP contribution in [0.15, 0.2) is 82.4 Å². The Hall–Kier alpha value is -2.90. The van der Waals surface area contributed by atoms with Gasteiger partial charge in [-0.3, -0.25) is 9.59 Å². The van der Waals surface area contributed by atoms with Gasteiger partial charge in [0.1, 0.15) is 5.25 Å². The average molecular weight is 494 g/mol. The predicted octanol–water partition coefficient (Wildman–Crippen LogP) is 5.58. The zero-order valence-corrected chi connectivity index (χ0v) is 19.2. The molecule has 1 atom stereocenters. The van der Waals surface area contributed by atoms with Crippen LogP contribution in [0.3, 0.4) is 0 Å². The molecular formula is C24H20BrN3O2S. The smallest absolute Gasteiger partial charge is 0.238 e. The largest absolute Gasteiger partial charge is 0.325 e. The molecule has 5 nitrogen and oxygen atoms in total. The van der Waals surface area contributed by atoms with Crippen molar-refractivity contribution in [1.82, 2.24) is 5.32 Å². The number of carbonyl (C=O) groups is 2. The molecule has 2 amide bonds. The first-order valence-electron chi connectivity index (χ1n) is 9.74. The monoisotopic (exact) mass is 493 g/mol. The summed E-state index contributed by atoms with van der Waals surface area (Å²) in [5, 5.41) is 7.83. The lowest BCUT2D eigenvalue weighted by atomic mass is 10.0. The lowest BCUT2D eigenvalue weighted by Crippen LogP contribution is -2.41. The highest BCUT2D eigenvalue weighted by atomic mass is 79.9. The van der Waals surface area contributed by atoms with E-state index in [1.165, 1.54) is 17.1 Å². The molecule has 1 aliphatic rings. The number of nitrogens with zero attached hydrogens (tertiary/aromatic N) is 1. The molecule has 0 bridgehead atoms. The van der Waals surface area contributed by atoms with Gasteiger partial charge in [-0.1, -0.05) is 64.1 Å². The summed E-state index contributed by atoms with van der Waals surface area (Å²) >= 11 is 4.63. The maximum atomic E-state index is 12.6. The Morgan fingerprint density at radius 3 is 2.65 bits per heavy atom. The summed E-state index contributed by atoms with van der Waals surface area (Å²) < 4.78 is 0.930. The average Bonchev–Trinajstić information content (AvgIpc) is 2.78. The van der Waals surface area contributed by atoms with Gasteiger partial charge in [0, 0.05) is 22.8 Å². The molecule has 3 aromatic rings. The van der Waals surface area contributed by atoms with Gasteiger partial charge in [0.15, 0.2) is 5.17 Å². The van der Waals surface area contributed by atoms with Crippen molar-refractivity contribution in [2.24, 2.45) is 4.99 Å². The van der Waals surface area contributed by atoms with Crippen LogP contribution in [-0.4, -0.2) is 22.2 Å². The Morgan fingerprint density at radius 1 is 1.13 bits per heavy atom. The van der Waals surface area contributed by atoms with Gasteiger partial charge in [-0.2, -0.15) is 0 Å². The van der Waals surface area contributed by atoms with E-state index in [1.807, 2.05) is 31.2 Å². The Morgan fingerprint density at radius 2 is 1.87 bits per heavy atom. The standard InChI is InChI=1S/C24H20BrN3O2S/c1-15(17-7-6-16-4-2-3-5-18(16)12-17)14-26-24-28-22(29)13-21(31-24)23(30)27-20-10-8-19(25)9-11-20/h2-12,14,21H,13H2,1H3,(H,27,30)(H,26,28,29)/b15-14+/t21-/m1/s1. The molecule has 1 saturated heterocycles. The van der Waals surface area contributed by atoms with Crippen molar-refractivity contribution < 1.29 is 9.59 Å². The topological polar surface area (TPSA) is 70.6 Å². The molecule has 0 radical (unpaired) electrons. The highest BCUT2D eigenvalue weighted by Crippen LogP contribution is 2.25. The molecule has 0 aromatic heterocycles. The second-order valence-electron chi connectivity index (χ2n) is 7.16. The quantitative estimate of drug-likeness (QED) is 0.498. The van der Waals surface area contributed by atoms with Crippen molar-refractivity contribution in [2.75, 3.05) is 5.32 Å².